The molecule has 1 heterocycles. The molecule has 0 aromatic heterocycles. The van der Waals surface area contributed by atoms with Crippen LogP contribution in [0.3, 0.4) is 0 Å². The summed E-state index contributed by atoms with van der Waals surface area (Å²) in [6, 6.07) is 0. The fraction of sp³-hybridized carbons (Fsp3) is 0.818. The van der Waals surface area contributed by atoms with E-state index in [1.165, 1.54) is 0 Å². The molecule has 2 rings (SSSR count). The van der Waals surface area contributed by atoms with E-state index in [0.717, 1.165) is 0 Å². The van der Waals surface area contributed by atoms with Crippen molar-refractivity contribution in [1.82, 2.24) is 4.90 Å². The second kappa shape index (κ2) is 3.87. The second-order valence-corrected chi connectivity index (χ2v) is 5.36. The van der Waals surface area contributed by atoms with Gasteiger partial charge in [0.05, 0.1) is 5.60 Å². The summed E-state index contributed by atoms with van der Waals surface area (Å²) in [6.45, 7) is 2.85. The molecular formula is C11H19N3O3. The van der Waals surface area contributed by atoms with Crippen LogP contribution < -0.4 is 5.73 Å². The summed E-state index contributed by atoms with van der Waals surface area (Å²) in [5, 5.41) is 21.5. The van der Waals surface area contributed by atoms with Gasteiger partial charge in [0.15, 0.2) is 5.84 Å². The van der Waals surface area contributed by atoms with E-state index in [4.69, 9.17) is 10.9 Å². The van der Waals surface area contributed by atoms with Gasteiger partial charge in [0.1, 0.15) is 5.41 Å². The van der Waals surface area contributed by atoms with E-state index in [9.17, 15) is 9.90 Å². The van der Waals surface area contributed by atoms with E-state index in [1.807, 2.05) is 0 Å². The van der Waals surface area contributed by atoms with E-state index < -0.39 is 11.0 Å². The molecular weight excluding hydrogens is 222 g/mol. The van der Waals surface area contributed by atoms with Crippen molar-refractivity contribution in [2.24, 2.45) is 16.3 Å². The van der Waals surface area contributed by atoms with Gasteiger partial charge in [-0.2, -0.15) is 0 Å². The standard InChI is InChI=1S/C11H19N3O3/c1-10(16)4-6-14(7-5-10)9(15)11(2-3-11)8(12)13-17/h16-17H,2-7H2,1H3,(H2,12,13). The van der Waals surface area contributed by atoms with Gasteiger partial charge >= 0.3 is 0 Å². The van der Waals surface area contributed by atoms with Gasteiger partial charge in [-0.1, -0.05) is 5.16 Å². The average molecular weight is 241 g/mol. The number of carbonyl (C=O) groups excluding carboxylic acids is 1. The van der Waals surface area contributed by atoms with Gasteiger partial charge in [-0.25, -0.2) is 0 Å². The molecule has 0 atom stereocenters. The topological polar surface area (TPSA) is 99.2 Å². The molecule has 0 unspecified atom stereocenters. The van der Waals surface area contributed by atoms with Crippen molar-refractivity contribution in [1.29, 1.82) is 0 Å². The number of hydrogen-bond acceptors (Lipinski definition) is 4. The van der Waals surface area contributed by atoms with Crippen molar-refractivity contribution in [3.8, 4) is 0 Å². The summed E-state index contributed by atoms with van der Waals surface area (Å²) in [6.07, 6.45) is 2.44. The van der Waals surface area contributed by atoms with Crippen LogP contribution in [0.1, 0.15) is 32.6 Å². The number of amidine groups is 1. The number of likely N-dealkylation sites (tertiary alicyclic amines) is 1. The highest BCUT2D eigenvalue weighted by atomic mass is 16.4. The Labute approximate surface area is 100 Å². The Morgan fingerprint density at radius 2 is 1.82 bits per heavy atom. The summed E-state index contributed by atoms with van der Waals surface area (Å²) in [7, 11) is 0. The van der Waals surface area contributed by atoms with Gasteiger partial charge in [-0.3, -0.25) is 4.79 Å². The lowest BCUT2D eigenvalue weighted by Gasteiger charge is -2.37. The van der Waals surface area contributed by atoms with E-state index >= 15 is 0 Å². The van der Waals surface area contributed by atoms with E-state index in [-0.39, 0.29) is 11.7 Å². The molecule has 2 fully saturated rings. The van der Waals surface area contributed by atoms with Gasteiger partial charge in [0, 0.05) is 13.1 Å². The Balaban J connectivity index is 2.03. The van der Waals surface area contributed by atoms with Crippen LogP contribution in [0.15, 0.2) is 5.16 Å². The molecule has 0 aromatic carbocycles. The molecule has 6 heteroatoms. The van der Waals surface area contributed by atoms with Gasteiger partial charge in [0.25, 0.3) is 0 Å². The smallest absolute Gasteiger partial charge is 0.236 e. The average Bonchev–Trinajstić information content (AvgIpc) is 3.08. The number of piperidine rings is 1. The normalized spacial score (nSPS) is 26.7. The highest BCUT2D eigenvalue weighted by Gasteiger charge is 2.56. The molecule has 0 aromatic rings. The SMILES string of the molecule is CC1(O)CCN(C(=O)C2(C(N)=NO)CC2)CC1. The summed E-state index contributed by atoms with van der Waals surface area (Å²) in [4.78, 5) is 14.0. The molecule has 17 heavy (non-hydrogen) atoms. The van der Waals surface area contributed by atoms with Crippen LogP contribution in [-0.2, 0) is 4.79 Å². The molecule has 6 nitrogen and oxygen atoms in total. The second-order valence-electron chi connectivity index (χ2n) is 5.36. The number of aliphatic hydroxyl groups is 1. The first-order valence-electron chi connectivity index (χ1n) is 5.91. The molecule has 1 saturated heterocycles. The summed E-state index contributed by atoms with van der Waals surface area (Å²) in [5.74, 6) is -0.0527. The first-order chi connectivity index (χ1) is 7.91. The van der Waals surface area contributed by atoms with Crippen molar-refractivity contribution < 1.29 is 15.1 Å². The first kappa shape index (κ1) is 12.2. The van der Waals surface area contributed by atoms with Crippen LogP contribution in [0, 0.1) is 5.41 Å². The van der Waals surface area contributed by atoms with Crippen LogP contribution in [0.25, 0.3) is 0 Å². The minimum Gasteiger partial charge on any atom is -0.409 e. The zero-order valence-electron chi connectivity index (χ0n) is 10.0. The maximum Gasteiger partial charge on any atom is 0.236 e. The fourth-order valence-electron chi connectivity index (χ4n) is 2.29. The fourth-order valence-corrected chi connectivity index (χ4v) is 2.29. The van der Waals surface area contributed by atoms with Crippen LogP contribution in [0.4, 0.5) is 0 Å². The molecule has 2 aliphatic rings. The monoisotopic (exact) mass is 241 g/mol. The number of rotatable bonds is 2. The molecule has 1 saturated carbocycles. The van der Waals surface area contributed by atoms with Crippen LogP contribution in [-0.4, -0.2) is 45.6 Å². The van der Waals surface area contributed by atoms with Gasteiger partial charge in [0.2, 0.25) is 5.91 Å². The van der Waals surface area contributed by atoms with Crippen LogP contribution in [0.5, 0.6) is 0 Å². The van der Waals surface area contributed by atoms with Crippen molar-refractivity contribution in [3.05, 3.63) is 0 Å². The van der Waals surface area contributed by atoms with Crippen molar-refractivity contribution in [2.75, 3.05) is 13.1 Å². The lowest BCUT2D eigenvalue weighted by Crippen LogP contribution is -2.50. The maximum atomic E-state index is 12.3. The van der Waals surface area contributed by atoms with Crippen molar-refractivity contribution >= 4 is 11.7 Å². The Hall–Kier alpha value is -1.30. The maximum absolute atomic E-state index is 12.3. The number of hydrogen-bond donors (Lipinski definition) is 3. The molecule has 96 valence electrons. The Bertz CT molecular complexity index is 351. The quantitative estimate of drug-likeness (QED) is 0.272. The molecule has 1 aliphatic heterocycles. The lowest BCUT2D eigenvalue weighted by atomic mass is 9.92. The summed E-state index contributed by atoms with van der Waals surface area (Å²) < 4.78 is 0. The zero-order valence-corrected chi connectivity index (χ0v) is 10.0. The number of nitrogens with zero attached hydrogens (tertiary/aromatic N) is 2. The first-order valence-corrected chi connectivity index (χ1v) is 5.91. The van der Waals surface area contributed by atoms with Crippen molar-refractivity contribution in [3.63, 3.8) is 0 Å². The highest BCUT2D eigenvalue weighted by molar-refractivity contribution is 6.09. The number of nitrogens with two attached hydrogens (primary N) is 1. The third-order valence-corrected chi connectivity index (χ3v) is 3.89. The van der Waals surface area contributed by atoms with Crippen LogP contribution >= 0.6 is 0 Å². The third-order valence-electron chi connectivity index (χ3n) is 3.89. The number of amides is 1. The van der Waals surface area contributed by atoms with Gasteiger partial charge < -0.3 is 20.9 Å². The molecule has 0 radical (unpaired) electrons. The Kier molecular flexibility index (Phi) is 2.77. The van der Waals surface area contributed by atoms with Crippen LogP contribution in [0.2, 0.25) is 0 Å². The molecule has 4 N–H and O–H groups in total. The minimum absolute atomic E-state index is 0.0137. The molecule has 1 aliphatic carbocycles. The third kappa shape index (κ3) is 2.09. The van der Waals surface area contributed by atoms with E-state index in [2.05, 4.69) is 5.16 Å². The summed E-state index contributed by atoms with van der Waals surface area (Å²) in [5.41, 5.74) is 4.13. The molecule has 0 bridgehead atoms. The zero-order chi connectivity index (χ0) is 12.7. The van der Waals surface area contributed by atoms with E-state index in [0.29, 0.717) is 38.8 Å². The predicted molar refractivity (Wildman–Crippen MR) is 61.5 cm³/mol. The molecule has 1 amide bonds. The molecule has 0 spiro atoms. The lowest BCUT2D eigenvalue weighted by molar-refractivity contribution is -0.138. The summed E-state index contributed by atoms with van der Waals surface area (Å²) >= 11 is 0. The Morgan fingerprint density at radius 3 is 2.24 bits per heavy atom. The highest BCUT2D eigenvalue weighted by Crippen LogP contribution is 2.47. The largest absolute Gasteiger partial charge is 0.409 e. The Morgan fingerprint density at radius 1 is 1.29 bits per heavy atom. The number of oxime groups is 1. The van der Waals surface area contributed by atoms with Gasteiger partial charge in [-0.05, 0) is 32.6 Å². The van der Waals surface area contributed by atoms with Gasteiger partial charge in [-0.15, -0.1) is 0 Å². The number of carbonyl (C=O) groups is 1. The van der Waals surface area contributed by atoms with E-state index in [1.54, 1.807) is 11.8 Å². The minimum atomic E-state index is -0.766. The van der Waals surface area contributed by atoms with Crippen molar-refractivity contribution in [2.45, 2.75) is 38.2 Å². The predicted octanol–water partition coefficient (Wildman–Crippen LogP) is -0.114.